The molecule has 1 aromatic carbocycles. The quantitative estimate of drug-likeness (QED) is 0.658. The average Bonchev–Trinajstić information content (AvgIpc) is 3.23. The Morgan fingerprint density at radius 1 is 0.900 bits per heavy atom. The van der Waals surface area contributed by atoms with Gasteiger partial charge in [0, 0.05) is 44.6 Å². The highest BCUT2D eigenvalue weighted by molar-refractivity contribution is 7.18. The fourth-order valence-electron chi connectivity index (χ4n) is 3.30. The van der Waals surface area contributed by atoms with Crippen molar-refractivity contribution in [2.75, 3.05) is 36.8 Å². The zero-order chi connectivity index (χ0) is 20.8. The standard InChI is InChI=1S/C22H23N5O2S/c28-21(27-14-12-26(13-15-27)16-18-8-4-5-11-23-18)19-9-10-20(30-19)25-22(29)24-17-6-2-1-3-7-17/h1-11H,12-16H2,(H2,24,25,29). The van der Waals surface area contributed by atoms with E-state index in [0.717, 1.165) is 25.3 Å². The Morgan fingerprint density at radius 3 is 2.40 bits per heavy atom. The fourth-order valence-corrected chi connectivity index (χ4v) is 4.17. The number of para-hydroxylation sites is 1. The normalized spacial score (nSPS) is 14.3. The monoisotopic (exact) mass is 421 g/mol. The maximum absolute atomic E-state index is 12.8. The molecule has 0 spiro atoms. The number of urea groups is 1. The molecule has 0 unspecified atom stereocenters. The lowest BCUT2D eigenvalue weighted by Gasteiger charge is -2.34. The summed E-state index contributed by atoms with van der Waals surface area (Å²) < 4.78 is 0. The third-order valence-corrected chi connectivity index (χ3v) is 5.85. The summed E-state index contributed by atoms with van der Waals surface area (Å²) in [7, 11) is 0. The van der Waals surface area contributed by atoms with Gasteiger partial charge in [0.15, 0.2) is 0 Å². The molecule has 7 nitrogen and oxygen atoms in total. The summed E-state index contributed by atoms with van der Waals surface area (Å²) in [6.07, 6.45) is 1.80. The number of amides is 3. The molecule has 3 heterocycles. The molecule has 0 bridgehead atoms. The summed E-state index contributed by atoms with van der Waals surface area (Å²) in [6, 6.07) is 18.4. The van der Waals surface area contributed by atoms with Crippen molar-refractivity contribution in [3.63, 3.8) is 0 Å². The number of nitrogens with one attached hydrogen (secondary N) is 2. The van der Waals surface area contributed by atoms with Gasteiger partial charge in [0.2, 0.25) is 0 Å². The molecular weight excluding hydrogens is 398 g/mol. The van der Waals surface area contributed by atoms with Gasteiger partial charge in [0.05, 0.1) is 15.6 Å². The van der Waals surface area contributed by atoms with E-state index in [2.05, 4.69) is 20.5 Å². The average molecular weight is 422 g/mol. The van der Waals surface area contributed by atoms with Gasteiger partial charge in [-0.05, 0) is 36.4 Å². The summed E-state index contributed by atoms with van der Waals surface area (Å²) in [5.41, 5.74) is 1.76. The van der Waals surface area contributed by atoms with Crippen molar-refractivity contribution in [2.45, 2.75) is 6.54 Å². The molecule has 8 heteroatoms. The van der Waals surface area contributed by atoms with Gasteiger partial charge in [-0.25, -0.2) is 4.79 Å². The first-order valence-corrected chi connectivity index (χ1v) is 10.6. The number of nitrogens with zero attached hydrogens (tertiary/aromatic N) is 3. The number of hydrogen-bond donors (Lipinski definition) is 2. The molecule has 0 saturated carbocycles. The van der Waals surface area contributed by atoms with Gasteiger partial charge >= 0.3 is 6.03 Å². The molecule has 1 saturated heterocycles. The third-order valence-electron chi connectivity index (χ3n) is 4.86. The summed E-state index contributed by atoms with van der Waals surface area (Å²) in [6.45, 7) is 3.80. The molecule has 2 N–H and O–H groups in total. The van der Waals surface area contributed by atoms with Gasteiger partial charge in [0.25, 0.3) is 5.91 Å². The van der Waals surface area contributed by atoms with E-state index in [1.54, 1.807) is 18.3 Å². The van der Waals surface area contributed by atoms with Crippen LogP contribution in [0.15, 0.2) is 66.9 Å². The Hall–Kier alpha value is -3.23. The number of benzene rings is 1. The van der Waals surface area contributed by atoms with Gasteiger partial charge in [-0.1, -0.05) is 24.3 Å². The highest BCUT2D eigenvalue weighted by Crippen LogP contribution is 2.24. The molecule has 0 aliphatic carbocycles. The van der Waals surface area contributed by atoms with Gasteiger partial charge in [-0.2, -0.15) is 0 Å². The number of rotatable bonds is 5. The Bertz CT molecular complexity index is 985. The maximum atomic E-state index is 12.8. The summed E-state index contributed by atoms with van der Waals surface area (Å²) >= 11 is 1.29. The van der Waals surface area contributed by atoms with Crippen molar-refractivity contribution in [1.29, 1.82) is 0 Å². The van der Waals surface area contributed by atoms with Crippen molar-refractivity contribution in [2.24, 2.45) is 0 Å². The second kappa shape index (κ2) is 9.51. The lowest BCUT2D eigenvalue weighted by molar-refractivity contribution is 0.0632. The Morgan fingerprint density at radius 2 is 1.67 bits per heavy atom. The first-order chi connectivity index (χ1) is 14.7. The van der Waals surface area contributed by atoms with Crippen LogP contribution in [-0.2, 0) is 6.54 Å². The number of thiophene rings is 1. The Labute approximate surface area is 179 Å². The minimum absolute atomic E-state index is 0.00834. The van der Waals surface area contributed by atoms with Crippen molar-refractivity contribution < 1.29 is 9.59 Å². The minimum Gasteiger partial charge on any atom is -0.335 e. The van der Waals surface area contributed by atoms with Crippen molar-refractivity contribution in [1.82, 2.24) is 14.8 Å². The number of carbonyl (C=O) groups excluding carboxylic acids is 2. The SMILES string of the molecule is O=C(Nc1ccccc1)Nc1ccc(C(=O)N2CCN(Cc3ccccn3)CC2)s1. The minimum atomic E-state index is -0.329. The van der Waals surface area contributed by atoms with E-state index < -0.39 is 0 Å². The lowest BCUT2D eigenvalue weighted by Crippen LogP contribution is -2.48. The van der Waals surface area contributed by atoms with Gasteiger partial charge in [0.1, 0.15) is 0 Å². The van der Waals surface area contributed by atoms with Crippen LogP contribution in [0.25, 0.3) is 0 Å². The van der Waals surface area contributed by atoms with Crippen molar-refractivity contribution >= 4 is 34.0 Å². The molecule has 0 atom stereocenters. The molecule has 30 heavy (non-hydrogen) atoms. The van der Waals surface area contributed by atoms with E-state index in [1.807, 2.05) is 53.4 Å². The second-order valence-electron chi connectivity index (χ2n) is 7.00. The number of carbonyl (C=O) groups is 2. The summed E-state index contributed by atoms with van der Waals surface area (Å²) in [4.78, 5) is 34.1. The predicted molar refractivity (Wildman–Crippen MR) is 119 cm³/mol. The maximum Gasteiger partial charge on any atom is 0.324 e. The van der Waals surface area contributed by atoms with Crippen LogP contribution in [0, 0.1) is 0 Å². The van der Waals surface area contributed by atoms with E-state index in [-0.39, 0.29) is 11.9 Å². The van der Waals surface area contributed by atoms with Crippen LogP contribution in [0.1, 0.15) is 15.4 Å². The van der Waals surface area contributed by atoms with E-state index in [9.17, 15) is 9.59 Å². The number of pyridine rings is 1. The van der Waals surface area contributed by atoms with Gasteiger partial charge in [-0.15, -0.1) is 11.3 Å². The molecule has 3 amide bonds. The van der Waals surface area contributed by atoms with Crippen LogP contribution in [0.2, 0.25) is 0 Å². The molecule has 4 rings (SSSR count). The Kier molecular flexibility index (Phi) is 6.36. The molecule has 0 radical (unpaired) electrons. The highest BCUT2D eigenvalue weighted by Gasteiger charge is 2.23. The fraction of sp³-hybridized carbons (Fsp3) is 0.227. The van der Waals surface area contributed by atoms with Gasteiger partial charge in [-0.3, -0.25) is 20.0 Å². The molecular formula is C22H23N5O2S. The molecule has 1 fully saturated rings. The smallest absolute Gasteiger partial charge is 0.324 e. The van der Waals surface area contributed by atoms with Crippen molar-refractivity contribution in [3.8, 4) is 0 Å². The van der Waals surface area contributed by atoms with Crippen LogP contribution in [0.4, 0.5) is 15.5 Å². The molecule has 1 aliphatic heterocycles. The van der Waals surface area contributed by atoms with E-state index in [1.165, 1.54) is 11.3 Å². The van der Waals surface area contributed by atoms with Gasteiger partial charge < -0.3 is 10.2 Å². The highest BCUT2D eigenvalue weighted by atomic mass is 32.1. The van der Waals surface area contributed by atoms with Crippen LogP contribution >= 0.6 is 11.3 Å². The largest absolute Gasteiger partial charge is 0.335 e. The topological polar surface area (TPSA) is 77.6 Å². The zero-order valence-electron chi connectivity index (χ0n) is 16.5. The summed E-state index contributed by atoms with van der Waals surface area (Å²) in [5, 5.41) is 6.19. The second-order valence-corrected chi connectivity index (χ2v) is 8.08. The van der Waals surface area contributed by atoms with E-state index in [0.29, 0.717) is 28.7 Å². The predicted octanol–water partition coefficient (Wildman–Crippen LogP) is 3.75. The molecule has 1 aliphatic rings. The number of aromatic nitrogens is 1. The molecule has 3 aromatic rings. The van der Waals surface area contributed by atoms with Crippen LogP contribution in [0.5, 0.6) is 0 Å². The van der Waals surface area contributed by atoms with Crippen LogP contribution < -0.4 is 10.6 Å². The zero-order valence-corrected chi connectivity index (χ0v) is 17.3. The number of anilines is 2. The van der Waals surface area contributed by atoms with Crippen LogP contribution in [-0.4, -0.2) is 52.9 Å². The van der Waals surface area contributed by atoms with Crippen LogP contribution in [0.3, 0.4) is 0 Å². The van der Waals surface area contributed by atoms with Crippen molar-refractivity contribution in [3.05, 3.63) is 77.4 Å². The number of hydrogen-bond acceptors (Lipinski definition) is 5. The third kappa shape index (κ3) is 5.22. The summed E-state index contributed by atoms with van der Waals surface area (Å²) in [5.74, 6) is 0.00834. The molecule has 2 aromatic heterocycles. The van der Waals surface area contributed by atoms with E-state index in [4.69, 9.17) is 0 Å². The molecule has 154 valence electrons. The lowest BCUT2D eigenvalue weighted by atomic mass is 10.2. The Balaban J connectivity index is 1.27. The first kappa shape index (κ1) is 20.1. The van der Waals surface area contributed by atoms with E-state index >= 15 is 0 Å². The number of piperazine rings is 1. The first-order valence-electron chi connectivity index (χ1n) is 9.82.